The van der Waals surface area contributed by atoms with Gasteiger partial charge in [-0.25, -0.2) is 13.2 Å². The van der Waals surface area contributed by atoms with Crippen LogP contribution < -0.4 is 5.32 Å². The van der Waals surface area contributed by atoms with Crippen molar-refractivity contribution in [3.05, 3.63) is 66.2 Å². The minimum atomic E-state index is -3.85. The molecular weight excluding hydrogens is 520 g/mol. The van der Waals surface area contributed by atoms with E-state index >= 15 is 0 Å². The predicted octanol–water partition coefficient (Wildman–Crippen LogP) is 2.85. The zero-order chi connectivity index (χ0) is 28.3. The number of nitrogens with one attached hydrogen (secondary N) is 1. The molecule has 2 aromatic carbocycles. The molecule has 39 heavy (non-hydrogen) atoms. The fraction of sp³-hybridized carbons (Fsp3) is 0.464. The van der Waals surface area contributed by atoms with Crippen LogP contribution >= 0.6 is 0 Å². The Balaban J connectivity index is 1.72. The van der Waals surface area contributed by atoms with Gasteiger partial charge in [0, 0.05) is 32.2 Å². The molecule has 0 radical (unpaired) electrons. The van der Waals surface area contributed by atoms with E-state index < -0.39 is 16.0 Å². The van der Waals surface area contributed by atoms with Crippen LogP contribution in [0.2, 0.25) is 0 Å². The first-order chi connectivity index (χ1) is 18.8. The quantitative estimate of drug-likeness (QED) is 0.401. The highest BCUT2D eigenvalue weighted by atomic mass is 32.2. The number of esters is 1. The zero-order valence-corrected chi connectivity index (χ0v) is 23.4. The minimum Gasteiger partial charge on any atom is -0.465 e. The van der Waals surface area contributed by atoms with Crippen LogP contribution in [0.1, 0.15) is 38.7 Å². The fourth-order valence-corrected chi connectivity index (χ4v) is 6.07. The van der Waals surface area contributed by atoms with Crippen LogP contribution in [0.15, 0.2) is 65.6 Å². The molecule has 0 spiro atoms. The van der Waals surface area contributed by atoms with Crippen molar-refractivity contribution in [3.8, 4) is 0 Å². The number of hydrogen-bond acceptors (Lipinski definition) is 6. The lowest BCUT2D eigenvalue weighted by molar-refractivity contribution is -0.142. The van der Waals surface area contributed by atoms with E-state index in [1.165, 1.54) is 16.4 Å². The van der Waals surface area contributed by atoms with Gasteiger partial charge < -0.3 is 19.9 Å². The molecule has 1 heterocycles. The van der Waals surface area contributed by atoms with E-state index in [9.17, 15) is 22.8 Å². The largest absolute Gasteiger partial charge is 0.465 e. The first-order valence-corrected chi connectivity index (χ1v) is 14.8. The summed E-state index contributed by atoms with van der Waals surface area (Å²) in [7, 11) is -3.85. The molecule has 0 unspecified atom stereocenters. The Hall–Kier alpha value is -3.44. The van der Waals surface area contributed by atoms with Gasteiger partial charge in [-0.1, -0.05) is 55.5 Å². The second kappa shape index (κ2) is 14.6. The predicted molar refractivity (Wildman–Crippen MR) is 147 cm³/mol. The molecule has 0 saturated carbocycles. The highest BCUT2D eigenvalue weighted by Gasteiger charge is 2.33. The average molecular weight is 559 g/mol. The Bertz CT molecular complexity index is 1190. The van der Waals surface area contributed by atoms with Crippen molar-refractivity contribution in [1.29, 1.82) is 0 Å². The summed E-state index contributed by atoms with van der Waals surface area (Å²) in [5.74, 6) is -0.778. The van der Waals surface area contributed by atoms with E-state index in [4.69, 9.17) is 4.74 Å². The molecule has 11 heteroatoms. The number of amides is 3. The van der Waals surface area contributed by atoms with Gasteiger partial charge in [0.1, 0.15) is 6.54 Å². The van der Waals surface area contributed by atoms with Crippen LogP contribution in [-0.2, 0) is 30.9 Å². The Morgan fingerprint density at radius 3 is 2.18 bits per heavy atom. The van der Waals surface area contributed by atoms with E-state index in [-0.39, 0.29) is 49.1 Å². The molecule has 0 bridgehead atoms. The van der Waals surface area contributed by atoms with Crippen LogP contribution in [0.4, 0.5) is 4.79 Å². The Morgan fingerprint density at radius 2 is 1.59 bits per heavy atom. The molecule has 1 saturated heterocycles. The maximum absolute atomic E-state index is 13.7. The lowest BCUT2D eigenvalue weighted by Gasteiger charge is -2.39. The summed E-state index contributed by atoms with van der Waals surface area (Å²) in [6.07, 6.45) is 1.63. The molecule has 1 N–H and O–H groups in total. The van der Waals surface area contributed by atoms with Gasteiger partial charge in [-0.15, -0.1) is 0 Å². The van der Waals surface area contributed by atoms with E-state index in [1.54, 1.807) is 34.9 Å². The molecule has 0 atom stereocenters. The molecule has 1 aliphatic rings. The SMILES string of the molecule is CCCN(CC(=O)N(Cc1ccccc1)C1CCN(C(=O)NCC(=O)OCC)CC1)S(=O)(=O)c1ccccc1. The Kier molecular flexibility index (Phi) is 11.3. The number of likely N-dealkylation sites (tertiary alicyclic amines) is 1. The van der Waals surface area contributed by atoms with Crippen LogP contribution in [0, 0.1) is 0 Å². The van der Waals surface area contributed by atoms with Gasteiger partial charge in [-0.2, -0.15) is 4.31 Å². The van der Waals surface area contributed by atoms with Crippen LogP contribution in [-0.4, -0.2) is 85.8 Å². The van der Waals surface area contributed by atoms with Crippen molar-refractivity contribution in [2.45, 2.75) is 50.6 Å². The van der Waals surface area contributed by atoms with E-state index in [2.05, 4.69) is 5.32 Å². The molecule has 0 aliphatic carbocycles. The fourth-order valence-electron chi connectivity index (χ4n) is 4.57. The van der Waals surface area contributed by atoms with Crippen molar-refractivity contribution in [1.82, 2.24) is 19.4 Å². The lowest BCUT2D eigenvalue weighted by atomic mass is 10.0. The van der Waals surface area contributed by atoms with Gasteiger partial charge in [0.15, 0.2) is 0 Å². The van der Waals surface area contributed by atoms with Gasteiger partial charge in [0.25, 0.3) is 0 Å². The molecule has 1 aliphatic heterocycles. The van der Waals surface area contributed by atoms with Crippen molar-refractivity contribution in [2.24, 2.45) is 0 Å². The molecule has 212 valence electrons. The smallest absolute Gasteiger partial charge is 0.325 e. The number of hydrogen-bond donors (Lipinski definition) is 1. The summed E-state index contributed by atoms with van der Waals surface area (Å²) in [6, 6.07) is 17.2. The van der Waals surface area contributed by atoms with Crippen LogP contribution in [0.5, 0.6) is 0 Å². The number of carbonyl (C=O) groups is 3. The van der Waals surface area contributed by atoms with Gasteiger partial charge in [0.2, 0.25) is 15.9 Å². The summed E-state index contributed by atoms with van der Waals surface area (Å²) in [4.78, 5) is 41.3. The number of nitrogens with zero attached hydrogens (tertiary/aromatic N) is 3. The number of benzene rings is 2. The molecular formula is C28H38N4O6S. The third kappa shape index (κ3) is 8.52. The van der Waals surface area contributed by atoms with Crippen molar-refractivity contribution < 1.29 is 27.5 Å². The first kappa shape index (κ1) is 30.1. The van der Waals surface area contributed by atoms with E-state index in [0.29, 0.717) is 38.9 Å². The lowest BCUT2D eigenvalue weighted by Crippen LogP contribution is -2.53. The zero-order valence-electron chi connectivity index (χ0n) is 22.6. The van der Waals surface area contributed by atoms with Crippen LogP contribution in [0.3, 0.4) is 0 Å². The van der Waals surface area contributed by atoms with Gasteiger partial charge in [-0.05, 0) is 43.9 Å². The highest BCUT2D eigenvalue weighted by molar-refractivity contribution is 7.89. The van der Waals surface area contributed by atoms with E-state index in [1.807, 2.05) is 37.3 Å². The van der Waals surface area contributed by atoms with Crippen molar-refractivity contribution >= 4 is 27.9 Å². The average Bonchev–Trinajstić information content (AvgIpc) is 2.95. The van der Waals surface area contributed by atoms with E-state index in [0.717, 1.165) is 5.56 Å². The Labute approximate surface area is 231 Å². The van der Waals surface area contributed by atoms with Crippen molar-refractivity contribution in [3.63, 3.8) is 0 Å². The molecule has 10 nitrogen and oxygen atoms in total. The maximum atomic E-state index is 13.7. The van der Waals surface area contributed by atoms with Gasteiger partial charge in [0.05, 0.1) is 18.0 Å². The monoisotopic (exact) mass is 558 g/mol. The Morgan fingerprint density at radius 1 is 0.974 bits per heavy atom. The first-order valence-electron chi connectivity index (χ1n) is 13.3. The molecule has 3 amide bonds. The second-order valence-corrected chi connectivity index (χ2v) is 11.3. The summed E-state index contributed by atoms with van der Waals surface area (Å²) in [6.45, 7) is 4.72. The number of ether oxygens (including phenoxy) is 1. The van der Waals surface area contributed by atoms with Gasteiger partial charge in [-0.3, -0.25) is 9.59 Å². The number of rotatable bonds is 12. The number of piperidine rings is 1. The molecule has 3 rings (SSSR count). The van der Waals surface area contributed by atoms with Gasteiger partial charge >= 0.3 is 12.0 Å². The summed E-state index contributed by atoms with van der Waals surface area (Å²) >= 11 is 0. The van der Waals surface area contributed by atoms with Crippen LogP contribution in [0.25, 0.3) is 0 Å². The number of urea groups is 1. The summed E-state index contributed by atoms with van der Waals surface area (Å²) in [5.41, 5.74) is 0.938. The third-order valence-corrected chi connectivity index (χ3v) is 8.42. The number of sulfonamides is 1. The standard InChI is InChI=1S/C28H38N4O6S/c1-3-17-31(39(36,37)25-13-9-6-10-14-25)22-26(33)32(21-23-11-7-5-8-12-23)24-15-18-30(19-16-24)28(35)29-20-27(34)38-4-2/h5-14,24H,3-4,15-22H2,1-2H3,(H,29,35). The normalized spacial score (nSPS) is 14.2. The maximum Gasteiger partial charge on any atom is 0.325 e. The van der Waals surface area contributed by atoms with Crippen molar-refractivity contribution in [2.75, 3.05) is 39.3 Å². The summed E-state index contributed by atoms with van der Waals surface area (Å²) < 4.78 is 32.8. The third-order valence-electron chi connectivity index (χ3n) is 6.56. The number of carbonyl (C=O) groups excluding carboxylic acids is 3. The molecule has 2 aromatic rings. The summed E-state index contributed by atoms with van der Waals surface area (Å²) in [5, 5.41) is 2.57. The molecule has 1 fully saturated rings. The minimum absolute atomic E-state index is 0.156. The second-order valence-electron chi connectivity index (χ2n) is 9.34. The topological polar surface area (TPSA) is 116 Å². The highest BCUT2D eigenvalue weighted by Crippen LogP contribution is 2.22. The molecule has 0 aromatic heterocycles.